The summed E-state index contributed by atoms with van der Waals surface area (Å²) in [5.74, 6) is 0. The summed E-state index contributed by atoms with van der Waals surface area (Å²) in [4.78, 5) is 0. The molecule has 0 spiro atoms. The standard InChI is InChI=1S/C10H16O2/c1-3-5-8-6-7-10(12-8)9(11)4-2/h3-4,8-11H,1-2,5-7H2/t8-,9+,10+/m1/s1. The fourth-order valence-corrected chi connectivity index (χ4v) is 1.50. The minimum atomic E-state index is -0.514. The molecule has 1 rings (SSSR count). The molecule has 2 heteroatoms. The topological polar surface area (TPSA) is 29.5 Å². The van der Waals surface area contributed by atoms with Crippen molar-refractivity contribution in [1.29, 1.82) is 0 Å². The summed E-state index contributed by atoms with van der Waals surface area (Å²) in [6.45, 7) is 7.18. The van der Waals surface area contributed by atoms with E-state index in [0.717, 1.165) is 19.3 Å². The van der Waals surface area contributed by atoms with Crippen LogP contribution in [0, 0.1) is 0 Å². The van der Waals surface area contributed by atoms with Gasteiger partial charge in [-0.05, 0) is 19.3 Å². The normalized spacial score (nSPS) is 31.4. The molecule has 0 amide bonds. The van der Waals surface area contributed by atoms with E-state index in [1.807, 2.05) is 6.08 Å². The quantitative estimate of drug-likeness (QED) is 0.647. The molecular formula is C10H16O2. The first kappa shape index (κ1) is 9.49. The van der Waals surface area contributed by atoms with Crippen molar-refractivity contribution in [3.05, 3.63) is 25.3 Å². The molecule has 0 saturated carbocycles. The van der Waals surface area contributed by atoms with Crippen LogP contribution in [0.3, 0.4) is 0 Å². The lowest BCUT2D eigenvalue weighted by molar-refractivity contribution is -0.0140. The molecule has 68 valence electrons. The third-order valence-electron chi connectivity index (χ3n) is 2.19. The fraction of sp³-hybridized carbons (Fsp3) is 0.600. The molecule has 0 aromatic rings. The number of hydrogen-bond acceptors (Lipinski definition) is 2. The maximum absolute atomic E-state index is 9.37. The Hall–Kier alpha value is -0.600. The molecule has 3 atom stereocenters. The first-order chi connectivity index (χ1) is 5.77. The van der Waals surface area contributed by atoms with E-state index in [9.17, 15) is 5.11 Å². The first-order valence-electron chi connectivity index (χ1n) is 4.35. The summed E-state index contributed by atoms with van der Waals surface area (Å²) in [5.41, 5.74) is 0. The Morgan fingerprint density at radius 3 is 2.83 bits per heavy atom. The Bertz CT molecular complexity index is 165. The second kappa shape index (κ2) is 4.43. The van der Waals surface area contributed by atoms with Crippen LogP contribution in [-0.2, 0) is 4.74 Å². The molecule has 1 saturated heterocycles. The highest BCUT2D eigenvalue weighted by atomic mass is 16.5. The van der Waals surface area contributed by atoms with E-state index in [2.05, 4.69) is 13.2 Å². The van der Waals surface area contributed by atoms with Gasteiger partial charge in [0.25, 0.3) is 0 Å². The van der Waals surface area contributed by atoms with E-state index in [-0.39, 0.29) is 12.2 Å². The van der Waals surface area contributed by atoms with Crippen molar-refractivity contribution in [3.8, 4) is 0 Å². The maximum Gasteiger partial charge on any atom is 0.0980 e. The van der Waals surface area contributed by atoms with Crippen LogP contribution in [0.25, 0.3) is 0 Å². The van der Waals surface area contributed by atoms with Gasteiger partial charge < -0.3 is 9.84 Å². The van der Waals surface area contributed by atoms with Gasteiger partial charge in [0, 0.05) is 0 Å². The van der Waals surface area contributed by atoms with Gasteiger partial charge >= 0.3 is 0 Å². The fourth-order valence-electron chi connectivity index (χ4n) is 1.50. The molecule has 0 aliphatic carbocycles. The van der Waals surface area contributed by atoms with Crippen LogP contribution >= 0.6 is 0 Å². The Morgan fingerprint density at radius 2 is 2.25 bits per heavy atom. The molecule has 0 radical (unpaired) electrons. The lowest BCUT2D eigenvalue weighted by atomic mass is 10.1. The van der Waals surface area contributed by atoms with Crippen molar-refractivity contribution in [1.82, 2.24) is 0 Å². The Labute approximate surface area is 73.5 Å². The van der Waals surface area contributed by atoms with E-state index >= 15 is 0 Å². The third kappa shape index (κ3) is 2.19. The lowest BCUT2D eigenvalue weighted by Crippen LogP contribution is -2.23. The second-order valence-corrected chi connectivity index (χ2v) is 3.12. The van der Waals surface area contributed by atoms with Gasteiger partial charge in [0.1, 0.15) is 0 Å². The van der Waals surface area contributed by atoms with Crippen LogP contribution in [0.4, 0.5) is 0 Å². The molecule has 0 unspecified atom stereocenters. The van der Waals surface area contributed by atoms with Crippen molar-refractivity contribution < 1.29 is 9.84 Å². The highest BCUT2D eigenvalue weighted by Gasteiger charge is 2.28. The molecule has 0 aromatic carbocycles. The van der Waals surface area contributed by atoms with Gasteiger partial charge in [0.15, 0.2) is 0 Å². The van der Waals surface area contributed by atoms with Crippen molar-refractivity contribution in [3.63, 3.8) is 0 Å². The molecule has 1 aliphatic rings. The number of ether oxygens (including phenoxy) is 1. The minimum Gasteiger partial charge on any atom is -0.386 e. The van der Waals surface area contributed by atoms with Crippen LogP contribution in [0.2, 0.25) is 0 Å². The van der Waals surface area contributed by atoms with Gasteiger partial charge in [0.2, 0.25) is 0 Å². The average molecular weight is 168 g/mol. The smallest absolute Gasteiger partial charge is 0.0980 e. The van der Waals surface area contributed by atoms with Crippen molar-refractivity contribution in [2.75, 3.05) is 0 Å². The van der Waals surface area contributed by atoms with E-state index in [0.29, 0.717) is 0 Å². The zero-order chi connectivity index (χ0) is 8.97. The summed E-state index contributed by atoms with van der Waals surface area (Å²) in [5, 5.41) is 9.37. The number of aliphatic hydroxyl groups excluding tert-OH is 1. The van der Waals surface area contributed by atoms with E-state index in [4.69, 9.17) is 4.74 Å². The van der Waals surface area contributed by atoms with Gasteiger partial charge in [-0.25, -0.2) is 0 Å². The summed E-state index contributed by atoms with van der Waals surface area (Å²) in [6.07, 6.45) is 5.89. The molecule has 1 heterocycles. The van der Waals surface area contributed by atoms with E-state index in [1.54, 1.807) is 0 Å². The van der Waals surface area contributed by atoms with E-state index in [1.165, 1.54) is 6.08 Å². The van der Waals surface area contributed by atoms with Crippen molar-refractivity contribution in [2.45, 2.75) is 37.6 Å². The van der Waals surface area contributed by atoms with Gasteiger partial charge in [-0.15, -0.1) is 13.2 Å². The number of aliphatic hydroxyl groups is 1. The maximum atomic E-state index is 9.37. The molecule has 1 N–H and O–H groups in total. The summed E-state index contributed by atoms with van der Waals surface area (Å²) in [6, 6.07) is 0. The van der Waals surface area contributed by atoms with E-state index < -0.39 is 6.10 Å². The largest absolute Gasteiger partial charge is 0.386 e. The van der Waals surface area contributed by atoms with Crippen LogP contribution < -0.4 is 0 Å². The first-order valence-corrected chi connectivity index (χ1v) is 4.35. The lowest BCUT2D eigenvalue weighted by Gasteiger charge is -2.15. The molecule has 0 aromatic heterocycles. The Kier molecular flexibility index (Phi) is 3.50. The Morgan fingerprint density at radius 1 is 1.50 bits per heavy atom. The summed E-state index contributed by atoms with van der Waals surface area (Å²) >= 11 is 0. The molecule has 2 nitrogen and oxygen atoms in total. The molecule has 0 bridgehead atoms. The second-order valence-electron chi connectivity index (χ2n) is 3.12. The van der Waals surface area contributed by atoms with Gasteiger partial charge in [0.05, 0.1) is 18.3 Å². The SMILES string of the molecule is C=CC[C@@H]1CC[C@@H]([C@@H](O)C=C)O1. The Balaban J connectivity index is 2.34. The predicted octanol–water partition coefficient (Wildman–Crippen LogP) is 1.66. The van der Waals surface area contributed by atoms with Gasteiger partial charge in [-0.2, -0.15) is 0 Å². The summed E-state index contributed by atoms with van der Waals surface area (Å²) in [7, 11) is 0. The number of rotatable bonds is 4. The van der Waals surface area contributed by atoms with Gasteiger partial charge in [-0.1, -0.05) is 12.2 Å². The molecule has 12 heavy (non-hydrogen) atoms. The molecular weight excluding hydrogens is 152 g/mol. The molecule has 1 fully saturated rings. The van der Waals surface area contributed by atoms with Gasteiger partial charge in [-0.3, -0.25) is 0 Å². The van der Waals surface area contributed by atoms with Crippen LogP contribution in [0.5, 0.6) is 0 Å². The molecule has 1 aliphatic heterocycles. The monoisotopic (exact) mass is 168 g/mol. The van der Waals surface area contributed by atoms with Crippen molar-refractivity contribution >= 4 is 0 Å². The minimum absolute atomic E-state index is 0.0487. The zero-order valence-electron chi connectivity index (χ0n) is 7.28. The van der Waals surface area contributed by atoms with Crippen LogP contribution in [0.15, 0.2) is 25.3 Å². The highest BCUT2D eigenvalue weighted by Crippen LogP contribution is 2.24. The predicted molar refractivity (Wildman–Crippen MR) is 48.9 cm³/mol. The van der Waals surface area contributed by atoms with Crippen LogP contribution in [0.1, 0.15) is 19.3 Å². The summed E-state index contributed by atoms with van der Waals surface area (Å²) < 4.78 is 5.56. The average Bonchev–Trinajstić information content (AvgIpc) is 2.52. The highest BCUT2D eigenvalue weighted by molar-refractivity contribution is 4.90. The third-order valence-corrected chi connectivity index (χ3v) is 2.19. The number of hydrogen-bond donors (Lipinski definition) is 1. The van der Waals surface area contributed by atoms with Crippen LogP contribution in [-0.4, -0.2) is 23.4 Å². The van der Waals surface area contributed by atoms with Crippen molar-refractivity contribution in [2.24, 2.45) is 0 Å². The zero-order valence-corrected chi connectivity index (χ0v) is 7.28.